The summed E-state index contributed by atoms with van der Waals surface area (Å²) in [7, 11) is 0. The van der Waals surface area contributed by atoms with Crippen molar-refractivity contribution in [3.05, 3.63) is 53.5 Å². The van der Waals surface area contributed by atoms with Crippen LogP contribution < -0.4 is 5.76 Å². The molecule has 0 N–H and O–H groups in total. The highest BCUT2D eigenvalue weighted by atomic mass is 16.4. The Morgan fingerprint density at radius 1 is 1.24 bits per heavy atom. The van der Waals surface area contributed by atoms with Crippen molar-refractivity contribution >= 4 is 11.1 Å². The Balaban J connectivity index is 1.94. The van der Waals surface area contributed by atoms with Gasteiger partial charge in [0.05, 0.1) is 11.8 Å². The first-order chi connectivity index (χ1) is 8.34. The van der Waals surface area contributed by atoms with E-state index in [0.29, 0.717) is 18.7 Å². The van der Waals surface area contributed by atoms with Crippen LogP contribution in [0.25, 0.3) is 11.1 Å². The molecule has 0 fully saturated rings. The Morgan fingerprint density at radius 3 is 2.94 bits per heavy atom. The van der Waals surface area contributed by atoms with Crippen LogP contribution in [0.5, 0.6) is 0 Å². The van der Waals surface area contributed by atoms with Crippen molar-refractivity contribution in [3.8, 4) is 0 Å². The molecule has 0 aliphatic carbocycles. The normalized spacial score (nSPS) is 11.1. The number of oxazole rings is 1. The van der Waals surface area contributed by atoms with E-state index in [-0.39, 0.29) is 5.76 Å². The third-order valence-electron chi connectivity index (χ3n) is 2.71. The summed E-state index contributed by atoms with van der Waals surface area (Å²) >= 11 is 0. The van der Waals surface area contributed by atoms with Crippen LogP contribution in [-0.2, 0) is 13.1 Å². The molecule has 2 aromatic heterocycles. The number of rotatable bonds is 3. The van der Waals surface area contributed by atoms with Gasteiger partial charge in [-0.15, -0.1) is 0 Å². The number of imidazole rings is 1. The molecule has 0 saturated carbocycles. The minimum Gasteiger partial charge on any atom is -0.408 e. The fourth-order valence-electron chi connectivity index (χ4n) is 1.86. The van der Waals surface area contributed by atoms with Gasteiger partial charge in [0.1, 0.15) is 0 Å². The van der Waals surface area contributed by atoms with Crippen LogP contribution in [-0.4, -0.2) is 14.1 Å². The topological polar surface area (TPSA) is 53.0 Å². The van der Waals surface area contributed by atoms with Crippen molar-refractivity contribution in [2.24, 2.45) is 0 Å². The van der Waals surface area contributed by atoms with E-state index in [1.165, 1.54) is 0 Å². The zero-order chi connectivity index (χ0) is 11.7. The van der Waals surface area contributed by atoms with Gasteiger partial charge in [0.2, 0.25) is 0 Å². The van der Waals surface area contributed by atoms with E-state index in [4.69, 9.17) is 4.42 Å². The SMILES string of the molecule is O=c1oc2ccccc2n1CCn1ccnc1. The Bertz CT molecular complexity index is 679. The fourth-order valence-corrected chi connectivity index (χ4v) is 1.86. The van der Waals surface area contributed by atoms with E-state index in [1.54, 1.807) is 23.2 Å². The summed E-state index contributed by atoms with van der Waals surface area (Å²) < 4.78 is 8.71. The van der Waals surface area contributed by atoms with Crippen LogP contribution in [0.2, 0.25) is 0 Å². The van der Waals surface area contributed by atoms with Crippen molar-refractivity contribution in [2.45, 2.75) is 13.1 Å². The third-order valence-corrected chi connectivity index (χ3v) is 2.71. The summed E-state index contributed by atoms with van der Waals surface area (Å²) in [5.41, 5.74) is 1.46. The molecule has 17 heavy (non-hydrogen) atoms. The molecule has 5 nitrogen and oxygen atoms in total. The Kier molecular flexibility index (Phi) is 2.29. The quantitative estimate of drug-likeness (QED) is 0.683. The summed E-state index contributed by atoms with van der Waals surface area (Å²) in [6.07, 6.45) is 5.32. The Morgan fingerprint density at radius 2 is 2.12 bits per heavy atom. The van der Waals surface area contributed by atoms with Gasteiger partial charge < -0.3 is 8.98 Å². The van der Waals surface area contributed by atoms with Crippen LogP contribution in [0.15, 0.2) is 52.2 Å². The molecule has 0 radical (unpaired) electrons. The molecule has 3 rings (SSSR count). The molecule has 0 amide bonds. The van der Waals surface area contributed by atoms with Crippen molar-refractivity contribution in [1.82, 2.24) is 14.1 Å². The average molecular weight is 229 g/mol. The van der Waals surface area contributed by atoms with Crippen molar-refractivity contribution in [2.75, 3.05) is 0 Å². The molecular weight excluding hydrogens is 218 g/mol. The van der Waals surface area contributed by atoms with Crippen LogP contribution in [0.1, 0.15) is 0 Å². The van der Waals surface area contributed by atoms with Gasteiger partial charge in [0.15, 0.2) is 5.58 Å². The minimum absolute atomic E-state index is 0.314. The summed E-state index contributed by atoms with van der Waals surface area (Å²) in [4.78, 5) is 15.6. The first-order valence-corrected chi connectivity index (χ1v) is 5.39. The van der Waals surface area contributed by atoms with Gasteiger partial charge in [0.25, 0.3) is 0 Å². The van der Waals surface area contributed by atoms with E-state index in [0.717, 1.165) is 5.52 Å². The van der Waals surface area contributed by atoms with E-state index in [2.05, 4.69) is 4.98 Å². The molecule has 0 unspecified atom stereocenters. The smallest absolute Gasteiger partial charge is 0.408 e. The molecule has 3 aromatic rings. The monoisotopic (exact) mass is 229 g/mol. The molecule has 0 aliphatic rings. The standard InChI is InChI=1S/C12H11N3O2/c16-12-15(8-7-14-6-5-13-9-14)10-3-1-2-4-11(10)17-12/h1-6,9H,7-8H2. The molecule has 0 bridgehead atoms. The predicted molar refractivity (Wildman–Crippen MR) is 62.7 cm³/mol. The van der Waals surface area contributed by atoms with Crippen LogP contribution >= 0.6 is 0 Å². The summed E-state index contributed by atoms with van der Waals surface area (Å²) in [5.74, 6) is -0.314. The van der Waals surface area contributed by atoms with Gasteiger partial charge in [-0.25, -0.2) is 9.78 Å². The maximum absolute atomic E-state index is 11.7. The number of benzene rings is 1. The number of aromatic nitrogens is 3. The second-order valence-corrected chi connectivity index (χ2v) is 3.79. The first kappa shape index (κ1) is 9.89. The van der Waals surface area contributed by atoms with Crippen LogP contribution in [0.3, 0.4) is 0 Å². The lowest BCUT2D eigenvalue weighted by Gasteiger charge is -2.02. The lowest BCUT2D eigenvalue weighted by Crippen LogP contribution is -2.17. The molecule has 0 spiro atoms. The number of nitrogens with zero attached hydrogens (tertiary/aromatic N) is 3. The van der Waals surface area contributed by atoms with E-state index >= 15 is 0 Å². The predicted octanol–water partition coefficient (Wildman–Crippen LogP) is 1.49. The van der Waals surface area contributed by atoms with Gasteiger partial charge in [-0.3, -0.25) is 4.57 Å². The maximum Gasteiger partial charge on any atom is 0.420 e. The van der Waals surface area contributed by atoms with Crippen LogP contribution in [0, 0.1) is 0 Å². The lowest BCUT2D eigenvalue weighted by atomic mass is 10.3. The highest BCUT2D eigenvalue weighted by molar-refractivity contribution is 5.72. The van der Waals surface area contributed by atoms with Crippen molar-refractivity contribution < 1.29 is 4.42 Å². The van der Waals surface area contributed by atoms with Crippen molar-refractivity contribution in [1.29, 1.82) is 0 Å². The van der Waals surface area contributed by atoms with Gasteiger partial charge in [-0.2, -0.15) is 0 Å². The second kappa shape index (κ2) is 3.93. The van der Waals surface area contributed by atoms with E-state index < -0.39 is 0 Å². The summed E-state index contributed by atoms with van der Waals surface area (Å²) in [5, 5.41) is 0. The van der Waals surface area contributed by atoms with Crippen molar-refractivity contribution in [3.63, 3.8) is 0 Å². The number of hydrogen-bond acceptors (Lipinski definition) is 3. The fraction of sp³-hybridized carbons (Fsp3) is 0.167. The van der Waals surface area contributed by atoms with E-state index in [1.807, 2.05) is 29.0 Å². The number of fused-ring (bicyclic) bond motifs is 1. The number of aryl methyl sites for hydroxylation is 2. The molecule has 0 atom stereocenters. The highest BCUT2D eigenvalue weighted by Gasteiger charge is 2.07. The molecule has 0 aliphatic heterocycles. The molecule has 0 saturated heterocycles. The Hall–Kier alpha value is -2.30. The lowest BCUT2D eigenvalue weighted by molar-refractivity contribution is 0.484. The summed E-state index contributed by atoms with van der Waals surface area (Å²) in [6, 6.07) is 7.43. The third kappa shape index (κ3) is 1.75. The maximum atomic E-state index is 11.7. The van der Waals surface area contributed by atoms with E-state index in [9.17, 15) is 4.79 Å². The molecule has 1 aromatic carbocycles. The van der Waals surface area contributed by atoms with Gasteiger partial charge >= 0.3 is 5.76 Å². The minimum atomic E-state index is -0.314. The molecule has 86 valence electrons. The largest absolute Gasteiger partial charge is 0.420 e. The van der Waals surface area contributed by atoms with Gasteiger partial charge in [-0.1, -0.05) is 12.1 Å². The zero-order valence-electron chi connectivity index (χ0n) is 9.11. The van der Waals surface area contributed by atoms with Crippen LogP contribution in [0.4, 0.5) is 0 Å². The highest BCUT2D eigenvalue weighted by Crippen LogP contribution is 2.11. The number of para-hydroxylation sites is 2. The summed E-state index contributed by atoms with van der Waals surface area (Å²) in [6.45, 7) is 1.27. The zero-order valence-corrected chi connectivity index (χ0v) is 9.11. The molecular formula is C12H11N3O2. The average Bonchev–Trinajstić information content (AvgIpc) is 2.93. The van der Waals surface area contributed by atoms with Gasteiger partial charge in [0, 0.05) is 25.5 Å². The number of hydrogen-bond donors (Lipinski definition) is 0. The van der Waals surface area contributed by atoms with Gasteiger partial charge in [-0.05, 0) is 12.1 Å². The molecule has 2 heterocycles. The molecule has 5 heteroatoms. The second-order valence-electron chi connectivity index (χ2n) is 3.79. The first-order valence-electron chi connectivity index (χ1n) is 5.39. The Labute approximate surface area is 96.9 Å².